The maximum absolute atomic E-state index is 12.1. The van der Waals surface area contributed by atoms with Crippen LogP contribution in [0.1, 0.15) is 49.2 Å². The van der Waals surface area contributed by atoms with E-state index < -0.39 is 0 Å². The molecule has 0 bridgehead atoms. The molecule has 1 amide bonds. The fourth-order valence-corrected chi connectivity index (χ4v) is 4.42. The van der Waals surface area contributed by atoms with E-state index in [-0.39, 0.29) is 11.9 Å². The van der Waals surface area contributed by atoms with Gasteiger partial charge in [0.1, 0.15) is 11.6 Å². The summed E-state index contributed by atoms with van der Waals surface area (Å²) in [6.07, 6.45) is 2.89. The van der Waals surface area contributed by atoms with Gasteiger partial charge < -0.3 is 14.2 Å². The first-order chi connectivity index (χ1) is 14.1. The van der Waals surface area contributed by atoms with Gasteiger partial charge in [0.2, 0.25) is 5.91 Å². The summed E-state index contributed by atoms with van der Waals surface area (Å²) in [5, 5.41) is 0. The van der Waals surface area contributed by atoms with Crippen LogP contribution in [0.15, 0.2) is 42.5 Å². The predicted octanol–water partition coefficient (Wildman–Crippen LogP) is 4.81. The first kappa shape index (κ1) is 19.5. The number of amides is 1. The first-order valence-electron chi connectivity index (χ1n) is 10.5. The number of carbonyl (C=O) groups is 1. The molecule has 2 heterocycles. The molecular weight excluding hydrogens is 362 g/mol. The fraction of sp³-hybridized carbons (Fsp3) is 0.417. The molecule has 2 aromatic carbocycles. The summed E-state index contributed by atoms with van der Waals surface area (Å²) in [7, 11) is 0. The summed E-state index contributed by atoms with van der Waals surface area (Å²) in [5.41, 5.74) is 4.46. The van der Waals surface area contributed by atoms with E-state index in [9.17, 15) is 4.79 Å². The highest BCUT2D eigenvalue weighted by molar-refractivity contribution is 5.77. The van der Waals surface area contributed by atoms with Crippen molar-refractivity contribution in [2.75, 3.05) is 13.2 Å². The molecule has 1 atom stereocenters. The summed E-state index contributed by atoms with van der Waals surface area (Å²) in [6.45, 7) is 8.12. The molecule has 5 heteroatoms. The van der Waals surface area contributed by atoms with Gasteiger partial charge in [-0.15, -0.1) is 0 Å². The van der Waals surface area contributed by atoms with Crippen LogP contribution in [-0.2, 0) is 11.3 Å². The number of carbonyl (C=O) groups excluding carboxylic acids is 1. The Kier molecular flexibility index (Phi) is 5.56. The number of aromatic nitrogens is 2. The number of fused-ring (bicyclic) bond motifs is 1. The predicted molar refractivity (Wildman–Crippen MR) is 115 cm³/mol. The second kappa shape index (κ2) is 8.27. The van der Waals surface area contributed by atoms with Crippen LogP contribution in [0.2, 0.25) is 0 Å². The second-order valence-corrected chi connectivity index (χ2v) is 7.90. The monoisotopic (exact) mass is 391 g/mol. The second-order valence-electron chi connectivity index (χ2n) is 7.90. The van der Waals surface area contributed by atoms with Crippen LogP contribution in [0.3, 0.4) is 0 Å². The normalized spacial score (nSPS) is 16.5. The van der Waals surface area contributed by atoms with Crippen molar-refractivity contribution in [3.05, 3.63) is 59.4 Å². The minimum absolute atomic E-state index is 0.0689. The van der Waals surface area contributed by atoms with Crippen LogP contribution in [0.4, 0.5) is 0 Å². The van der Waals surface area contributed by atoms with Crippen molar-refractivity contribution in [1.82, 2.24) is 14.5 Å². The minimum atomic E-state index is 0.0689. The van der Waals surface area contributed by atoms with Crippen LogP contribution in [-0.4, -0.2) is 33.5 Å². The minimum Gasteiger partial charge on any atom is -0.493 e. The zero-order valence-corrected chi connectivity index (χ0v) is 17.5. The lowest BCUT2D eigenvalue weighted by atomic mass is 10.1. The Labute approximate surface area is 172 Å². The number of hydrogen-bond acceptors (Lipinski definition) is 3. The Hall–Kier alpha value is -2.82. The van der Waals surface area contributed by atoms with Crippen molar-refractivity contribution in [2.45, 2.75) is 52.6 Å². The van der Waals surface area contributed by atoms with E-state index in [0.717, 1.165) is 55.0 Å². The summed E-state index contributed by atoms with van der Waals surface area (Å²) < 4.78 is 8.39. The number of ether oxygens (including phenoxy) is 1. The SMILES string of the molecule is CC(=O)N1CCC[C@H]1c1nc2ccccc2n1CCCOc1c(C)cccc1C. The zero-order valence-electron chi connectivity index (χ0n) is 17.5. The number of aryl methyl sites for hydroxylation is 3. The lowest BCUT2D eigenvalue weighted by molar-refractivity contribution is -0.129. The highest BCUT2D eigenvalue weighted by Crippen LogP contribution is 2.33. The lowest BCUT2D eigenvalue weighted by Gasteiger charge is -2.24. The van der Waals surface area contributed by atoms with E-state index in [1.165, 1.54) is 11.1 Å². The van der Waals surface area contributed by atoms with Gasteiger partial charge in [-0.3, -0.25) is 4.79 Å². The maximum Gasteiger partial charge on any atom is 0.220 e. The molecule has 0 spiro atoms. The van der Waals surface area contributed by atoms with E-state index in [1.54, 1.807) is 6.92 Å². The van der Waals surface area contributed by atoms with Crippen molar-refractivity contribution in [3.63, 3.8) is 0 Å². The first-order valence-corrected chi connectivity index (χ1v) is 10.5. The summed E-state index contributed by atoms with van der Waals surface area (Å²) in [6, 6.07) is 14.5. The lowest BCUT2D eigenvalue weighted by Crippen LogP contribution is -2.30. The van der Waals surface area contributed by atoms with Gasteiger partial charge in [-0.1, -0.05) is 30.3 Å². The number of likely N-dealkylation sites (tertiary alicyclic amines) is 1. The van der Waals surface area contributed by atoms with Gasteiger partial charge in [-0.25, -0.2) is 4.98 Å². The zero-order chi connectivity index (χ0) is 20.4. The van der Waals surface area contributed by atoms with Crippen LogP contribution in [0, 0.1) is 13.8 Å². The van der Waals surface area contributed by atoms with Crippen molar-refractivity contribution in [1.29, 1.82) is 0 Å². The summed E-state index contributed by atoms with van der Waals surface area (Å²) in [4.78, 5) is 19.0. The molecular formula is C24H29N3O2. The van der Waals surface area contributed by atoms with Gasteiger partial charge in [0.05, 0.1) is 23.7 Å². The van der Waals surface area contributed by atoms with Crippen LogP contribution >= 0.6 is 0 Å². The van der Waals surface area contributed by atoms with Gasteiger partial charge in [-0.2, -0.15) is 0 Å². The number of imidazole rings is 1. The third-order valence-corrected chi connectivity index (χ3v) is 5.82. The Morgan fingerprint density at radius 1 is 1.14 bits per heavy atom. The topological polar surface area (TPSA) is 47.4 Å². The molecule has 0 N–H and O–H groups in total. The Morgan fingerprint density at radius 3 is 2.66 bits per heavy atom. The van der Waals surface area contributed by atoms with Gasteiger partial charge in [0.25, 0.3) is 0 Å². The van der Waals surface area contributed by atoms with Crippen LogP contribution in [0.25, 0.3) is 11.0 Å². The average molecular weight is 392 g/mol. The number of hydrogen-bond donors (Lipinski definition) is 0. The number of para-hydroxylation sites is 3. The number of nitrogens with zero attached hydrogens (tertiary/aromatic N) is 3. The van der Waals surface area contributed by atoms with E-state index >= 15 is 0 Å². The molecule has 3 aromatic rings. The molecule has 152 valence electrons. The van der Waals surface area contributed by atoms with Gasteiger partial charge in [-0.05, 0) is 56.4 Å². The van der Waals surface area contributed by atoms with Crippen molar-refractivity contribution >= 4 is 16.9 Å². The maximum atomic E-state index is 12.1. The number of rotatable bonds is 6. The fourth-order valence-electron chi connectivity index (χ4n) is 4.42. The van der Waals surface area contributed by atoms with E-state index in [2.05, 4.69) is 54.8 Å². The molecule has 0 radical (unpaired) electrons. The van der Waals surface area contributed by atoms with Crippen molar-refractivity contribution in [3.8, 4) is 5.75 Å². The highest BCUT2D eigenvalue weighted by atomic mass is 16.5. The van der Waals surface area contributed by atoms with Crippen molar-refractivity contribution < 1.29 is 9.53 Å². The largest absolute Gasteiger partial charge is 0.493 e. The third-order valence-electron chi connectivity index (χ3n) is 5.82. The molecule has 4 rings (SSSR count). The molecule has 1 saturated heterocycles. The molecule has 29 heavy (non-hydrogen) atoms. The Balaban J connectivity index is 1.54. The molecule has 5 nitrogen and oxygen atoms in total. The number of benzene rings is 2. The summed E-state index contributed by atoms with van der Waals surface area (Å²) >= 11 is 0. The van der Waals surface area contributed by atoms with Gasteiger partial charge in [0, 0.05) is 20.0 Å². The molecule has 1 fully saturated rings. The smallest absolute Gasteiger partial charge is 0.220 e. The molecule has 1 aliphatic rings. The quantitative estimate of drug-likeness (QED) is 0.567. The Bertz CT molecular complexity index is 1000. The molecule has 0 aliphatic carbocycles. The summed E-state index contributed by atoms with van der Waals surface area (Å²) in [5.74, 6) is 2.12. The van der Waals surface area contributed by atoms with Crippen LogP contribution in [0.5, 0.6) is 5.75 Å². The van der Waals surface area contributed by atoms with Crippen LogP contribution < -0.4 is 4.74 Å². The van der Waals surface area contributed by atoms with Crippen molar-refractivity contribution in [2.24, 2.45) is 0 Å². The molecule has 1 aliphatic heterocycles. The van der Waals surface area contributed by atoms with E-state index in [4.69, 9.17) is 9.72 Å². The highest BCUT2D eigenvalue weighted by Gasteiger charge is 2.32. The molecule has 0 unspecified atom stereocenters. The Morgan fingerprint density at radius 2 is 1.90 bits per heavy atom. The van der Waals surface area contributed by atoms with Gasteiger partial charge in [0.15, 0.2) is 0 Å². The standard InChI is InChI=1S/C24H29N3O2/c1-17-9-6-10-18(2)23(17)29-16-8-15-27-21-12-5-4-11-20(21)25-24(27)22-13-7-14-26(22)19(3)28/h4-6,9-12,22H,7-8,13-16H2,1-3H3/t22-/m0/s1. The average Bonchev–Trinajstić information content (AvgIpc) is 3.32. The van der Waals surface area contributed by atoms with E-state index in [1.807, 2.05) is 11.0 Å². The van der Waals surface area contributed by atoms with Gasteiger partial charge >= 0.3 is 0 Å². The molecule has 1 aromatic heterocycles. The third kappa shape index (κ3) is 3.86. The van der Waals surface area contributed by atoms with E-state index in [0.29, 0.717) is 6.61 Å². The molecule has 0 saturated carbocycles.